The van der Waals surface area contributed by atoms with Crippen molar-refractivity contribution in [3.63, 3.8) is 0 Å². The highest BCUT2D eigenvalue weighted by Gasteiger charge is 2.44. The summed E-state index contributed by atoms with van der Waals surface area (Å²) in [4.78, 5) is 16.1. The maximum atomic E-state index is 13.1. The Hall–Kier alpha value is -1.94. The van der Waals surface area contributed by atoms with Gasteiger partial charge in [-0.1, -0.05) is 23.7 Å². The maximum Gasteiger partial charge on any atom is 0.229 e. The van der Waals surface area contributed by atoms with Gasteiger partial charge >= 0.3 is 0 Å². The first-order valence-electron chi connectivity index (χ1n) is 6.31. The molecule has 1 aromatic carbocycles. The molecule has 0 unspecified atom stereocenters. The minimum atomic E-state index is -0.270. The second-order valence-electron chi connectivity index (χ2n) is 4.85. The second-order valence-corrected chi connectivity index (χ2v) is 5.29. The Morgan fingerprint density at radius 2 is 2.20 bits per heavy atom. The minimum Gasteiger partial charge on any atom is -0.310 e. The zero-order valence-electron chi connectivity index (χ0n) is 10.5. The molecule has 1 saturated carbocycles. The summed E-state index contributed by atoms with van der Waals surface area (Å²) in [6.07, 6.45) is 2.22. The first-order chi connectivity index (χ1) is 9.63. The van der Waals surface area contributed by atoms with Gasteiger partial charge in [0, 0.05) is 12.1 Å². The van der Waals surface area contributed by atoms with E-state index in [1.807, 2.05) is 6.07 Å². The Morgan fingerprint density at radius 3 is 2.90 bits per heavy atom. The predicted octanol–water partition coefficient (Wildman–Crippen LogP) is 3.62. The Labute approximate surface area is 120 Å². The molecule has 0 radical (unpaired) electrons. The zero-order valence-corrected chi connectivity index (χ0v) is 11.3. The van der Waals surface area contributed by atoms with Gasteiger partial charge in [0.15, 0.2) is 0 Å². The fourth-order valence-electron chi connectivity index (χ4n) is 2.26. The third-order valence-electron chi connectivity index (χ3n) is 3.38. The molecule has 1 amide bonds. The SMILES string of the molecule is O=C(Nc1ccc(Cl)cn1)[C@H]1C[C@@H]1c1cccc(F)c1. The monoisotopic (exact) mass is 290 g/mol. The van der Waals surface area contributed by atoms with E-state index in [4.69, 9.17) is 11.6 Å². The van der Waals surface area contributed by atoms with Gasteiger partial charge in [-0.05, 0) is 42.2 Å². The largest absolute Gasteiger partial charge is 0.310 e. The van der Waals surface area contributed by atoms with E-state index in [2.05, 4.69) is 10.3 Å². The molecule has 3 nitrogen and oxygen atoms in total. The molecular weight excluding hydrogens is 279 g/mol. The third-order valence-corrected chi connectivity index (χ3v) is 3.61. The Morgan fingerprint density at radius 1 is 1.35 bits per heavy atom. The molecule has 0 spiro atoms. The highest BCUT2D eigenvalue weighted by molar-refractivity contribution is 6.30. The third kappa shape index (κ3) is 2.80. The Bertz CT molecular complexity index is 645. The highest BCUT2D eigenvalue weighted by atomic mass is 35.5. The maximum absolute atomic E-state index is 13.1. The number of amides is 1. The van der Waals surface area contributed by atoms with Crippen molar-refractivity contribution < 1.29 is 9.18 Å². The summed E-state index contributed by atoms with van der Waals surface area (Å²) < 4.78 is 13.1. The lowest BCUT2D eigenvalue weighted by molar-refractivity contribution is -0.117. The van der Waals surface area contributed by atoms with Crippen LogP contribution in [0.15, 0.2) is 42.6 Å². The lowest BCUT2D eigenvalue weighted by atomic mass is 10.1. The van der Waals surface area contributed by atoms with E-state index in [0.717, 1.165) is 12.0 Å². The molecule has 0 aliphatic heterocycles. The molecule has 102 valence electrons. The smallest absolute Gasteiger partial charge is 0.229 e. The van der Waals surface area contributed by atoms with E-state index < -0.39 is 0 Å². The number of nitrogens with one attached hydrogen (secondary N) is 1. The molecule has 5 heteroatoms. The molecule has 20 heavy (non-hydrogen) atoms. The van der Waals surface area contributed by atoms with Crippen molar-refractivity contribution in [1.82, 2.24) is 4.98 Å². The van der Waals surface area contributed by atoms with E-state index >= 15 is 0 Å². The number of carbonyl (C=O) groups excluding carboxylic acids is 1. The predicted molar refractivity (Wildman–Crippen MR) is 75.1 cm³/mol. The van der Waals surface area contributed by atoms with Gasteiger partial charge < -0.3 is 5.32 Å². The van der Waals surface area contributed by atoms with Crippen LogP contribution in [0.25, 0.3) is 0 Å². The van der Waals surface area contributed by atoms with Crippen molar-refractivity contribution >= 4 is 23.3 Å². The van der Waals surface area contributed by atoms with Crippen LogP contribution in [0.1, 0.15) is 17.9 Å². The molecule has 1 heterocycles. The first-order valence-corrected chi connectivity index (χ1v) is 6.69. The van der Waals surface area contributed by atoms with Gasteiger partial charge in [0.25, 0.3) is 0 Å². The van der Waals surface area contributed by atoms with Crippen LogP contribution in [0.4, 0.5) is 10.2 Å². The lowest BCUT2D eigenvalue weighted by Gasteiger charge is -2.04. The average Bonchev–Trinajstić information content (AvgIpc) is 3.22. The molecule has 0 bridgehead atoms. The number of benzene rings is 1. The molecule has 1 N–H and O–H groups in total. The summed E-state index contributed by atoms with van der Waals surface area (Å²) in [5.74, 6) is 0.0959. The Kier molecular flexibility index (Phi) is 3.40. The summed E-state index contributed by atoms with van der Waals surface area (Å²) >= 11 is 5.73. The number of aromatic nitrogens is 1. The molecule has 1 aliphatic carbocycles. The van der Waals surface area contributed by atoms with E-state index in [1.165, 1.54) is 18.3 Å². The molecule has 1 fully saturated rings. The number of hydrogen-bond donors (Lipinski definition) is 1. The van der Waals surface area contributed by atoms with E-state index in [1.54, 1.807) is 18.2 Å². The van der Waals surface area contributed by atoms with Crippen LogP contribution >= 0.6 is 11.6 Å². The van der Waals surface area contributed by atoms with Crippen LogP contribution < -0.4 is 5.32 Å². The number of carbonyl (C=O) groups is 1. The average molecular weight is 291 g/mol. The summed E-state index contributed by atoms with van der Waals surface area (Å²) in [6, 6.07) is 9.72. The summed E-state index contributed by atoms with van der Waals surface area (Å²) in [5, 5.41) is 3.26. The number of halogens is 2. The number of rotatable bonds is 3. The summed E-state index contributed by atoms with van der Waals surface area (Å²) in [5.41, 5.74) is 0.870. The van der Waals surface area contributed by atoms with Gasteiger partial charge in [-0.2, -0.15) is 0 Å². The molecule has 0 saturated heterocycles. The number of pyridine rings is 1. The van der Waals surface area contributed by atoms with E-state index in [-0.39, 0.29) is 23.6 Å². The minimum absolute atomic E-state index is 0.0888. The van der Waals surface area contributed by atoms with Crippen LogP contribution in [0.5, 0.6) is 0 Å². The van der Waals surface area contributed by atoms with Crippen molar-refractivity contribution in [3.05, 3.63) is 59.0 Å². The van der Waals surface area contributed by atoms with Crippen LogP contribution in [-0.2, 0) is 4.79 Å². The summed E-state index contributed by atoms with van der Waals surface area (Å²) in [6.45, 7) is 0. The van der Waals surface area contributed by atoms with Gasteiger partial charge in [-0.15, -0.1) is 0 Å². The summed E-state index contributed by atoms with van der Waals surface area (Å²) in [7, 11) is 0. The van der Waals surface area contributed by atoms with Gasteiger partial charge in [0.2, 0.25) is 5.91 Å². The molecule has 1 aromatic heterocycles. The molecule has 2 atom stereocenters. The van der Waals surface area contributed by atoms with Crippen LogP contribution in [0.3, 0.4) is 0 Å². The van der Waals surface area contributed by atoms with Gasteiger partial charge in [-0.25, -0.2) is 9.37 Å². The van der Waals surface area contributed by atoms with Crippen molar-refractivity contribution in [3.8, 4) is 0 Å². The second kappa shape index (κ2) is 5.21. The van der Waals surface area contributed by atoms with Crippen molar-refractivity contribution in [2.45, 2.75) is 12.3 Å². The Balaban J connectivity index is 1.64. The van der Waals surface area contributed by atoms with E-state index in [9.17, 15) is 9.18 Å². The van der Waals surface area contributed by atoms with Crippen molar-refractivity contribution in [2.24, 2.45) is 5.92 Å². The topological polar surface area (TPSA) is 42.0 Å². The normalized spacial score (nSPS) is 20.5. The molecule has 3 rings (SSSR count). The highest BCUT2D eigenvalue weighted by Crippen LogP contribution is 2.48. The molecule has 1 aliphatic rings. The van der Waals surface area contributed by atoms with Gasteiger partial charge in [0.05, 0.1) is 5.02 Å². The van der Waals surface area contributed by atoms with Crippen molar-refractivity contribution in [1.29, 1.82) is 0 Å². The molecular formula is C15H12ClFN2O. The number of nitrogens with zero attached hydrogens (tertiary/aromatic N) is 1. The molecule has 2 aromatic rings. The standard InChI is InChI=1S/C15H12ClFN2O/c16-10-4-5-14(18-8-10)19-15(20)13-7-12(13)9-2-1-3-11(17)6-9/h1-6,8,12-13H,7H2,(H,18,19,20)/t12-,13+/m1/s1. The van der Waals surface area contributed by atoms with E-state index in [0.29, 0.717) is 10.8 Å². The number of anilines is 1. The van der Waals surface area contributed by atoms with Crippen LogP contribution in [-0.4, -0.2) is 10.9 Å². The van der Waals surface area contributed by atoms with Crippen LogP contribution in [0, 0.1) is 11.7 Å². The van der Waals surface area contributed by atoms with Crippen molar-refractivity contribution in [2.75, 3.05) is 5.32 Å². The van der Waals surface area contributed by atoms with Gasteiger partial charge in [-0.3, -0.25) is 4.79 Å². The van der Waals surface area contributed by atoms with Gasteiger partial charge in [0.1, 0.15) is 11.6 Å². The fourth-order valence-corrected chi connectivity index (χ4v) is 2.37. The zero-order chi connectivity index (χ0) is 14.1. The fraction of sp³-hybridized carbons (Fsp3) is 0.200. The number of hydrogen-bond acceptors (Lipinski definition) is 2. The lowest BCUT2D eigenvalue weighted by Crippen LogP contribution is -2.15. The first kappa shape index (κ1) is 13.1. The van der Waals surface area contributed by atoms with Crippen LogP contribution in [0.2, 0.25) is 5.02 Å². The quantitative estimate of drug-likeness (QED) is 0.938.